The minimum absolute atomic E-state index is 0.425. The topological polar surface area (TPSA) is 20.2 Å². The summed E-state index contributed by atoms with van der Waals surface area (Å²) < 4.78 is 0. The van der Waals surface area contributed by atoms with E-state index in [9.17, 15) is 5.11 Å². The highest BCUT2D eigenvalue weighted by atomic mass is 16.3. The molecule has 1 aromatic rings. The number of benzene rings is 1. The molecular weight excluding hydrogens is 184 g/mol. The Kier molecular flexibility index (Phi) is 2.19. The van der Waals surface area contributed by atoms with Crippen LogP contribution in [0.4, 0.5) is 0 Å². The Morgan fingerprint density at radius 3 is 2.73 bits per heavy atom. The van der Waals surface area contributed by atoms with Crippen molar-refractivity contribution in [3.63, 3.8) is 0 Å². The van der Waals surface area contributed by atoms with Gasteiger partial charge in [-0.15, -0.1) is 0 Å². The third-order valence-corrected chi connectivity index (χ3v) is 3.88. The summed E-state index contributed by atoms with van der Waals surface area (Å²) in [5, 5.41) is 9.41. The van der Waals surface area contributed by atoms with Crippen LogP contribution >= 0.6 is 0 Å². The number of rotatable bonds is 2. The molecule has 0 heterocycles. The fourth-order valence-electron chi connectivity index (χ4n) is 2.84. The van der Waals surface area contributed by atoms with Gasteiger partial charge in [0.05, 0.1) is 0 Å². The summed E-state index contributed by atoms with van der Waals surface area (Å²) >= 11 is 0. The van der Waals surface area contributed by atoms with Crippen molar-refractivity contribution in [1.29, 1.82) is 0 Å². The first-order chi connectivity index (χ1) is 7.31. The third-order valence-electron chi connectivity index (χ3n) is 3.88. The first-order valence-electron chi connectivity index (χ1n) is 6.12. The molecule has 1 N–H and O–H groups in total. The van der Waals surface area contributed by atoms with Crippen molar-refractivity contribution in [2.24, 2.45) is 11.8 Å². The molecule has 3 rings (SSSR count). The van der Waals surface area contributed by atoms with Gasteiger partial charge in [0, 0.05) is 0 Å². The van der Waals surface area contributed by atoms with E-state index in [0.717, 1.165) is 11.8 Å². The summed E-state index contributed by atoms with van der Waals surface area (Å²) in [6.07, 6.45) is 8.12. The molecule has 0 bridgehead atoms. The summed E-state index contributed by atoms with van der Waals surface area (Å²) in [5.74, 6) is 2.39. The maximum Gasteiger partial charge on any atom is 0.115 e. The largest absolute Gasteiger partial charge is 0.508 e. The van der Waals surface area contributed by atoms with Crippen LogP contribution in [0.25, 0.3) is 0 Å². The van der Waals surface area contributed by atoms with E-state index < -0.39 is 0 Å². The molecule has 0 saturated heterocycles. The first kappa shape index (κ1) is 9.26. The molecule has 0 spiro atoms. The van der Waals surface area contributed by atoms with Gasteiger partial charge in [0.2, 0.25) is 0 Å². The van der Waals surface area contributed by atoms with Crippen molar-refractivity contribution in [2.75, 3.05) is 0 Å². The van der Waals surface area contributed by atoms with Gasteiger partial charge in [-0.3, -0.25) is 0 Å². The van der Waals surface area contributed by atoms with Crippen LogP contribution < -0.4 is 0 Å². The quantitative estimate of drug-likeness (QED) is 0.780. The van der Waals surface area contributed by atoms with Crippen molar-refractivity contribution in [2.45, 2.75) is 38.5 Å². The molecule has 2 aliphatic rings. The predicted octanol–water partition coefficient (Wildman–Crippen LogP) is 3.30. The highest BCUT2D eigenvalue weighted by Crippen LogP contribution is 2.39. The number of phenolic OH excluding ortho intramolecular Hbond substituents is 1. The van der Waals surface area contributed by atoms with E-state index in [2.05, 4.69) is 6.07 Å². The second-order valence-corrected chi connectivity index (χ2v) is 5.24. The van der Waals surface area contributed by atoms with Gasteiger partial charge in [0.15, 0.2) is 0 Å². The van der Waals surface area contributed by atoms with Gasteiger partial charge in [0.1, 0.15) is 5.75 Å². The van der Waals surface area contributed by atoms with Crippen LogP contribution in [-0.2, 0) is 12.8 Å². The predicted molar refractivity (Wildman–Crippen MR) is 61.0 cm³/mol. The molecule has 1 saturated carbocycles. The fourth-order valence-corrected chi connectivity index (χ4v) is 2.84. The lowest BCUT2D eigenvalue weighted by atomic mass is 9.81. The molecule has 1 fully saturated rings. The zero-order chi connectivity index (χ0) is 10.3. The van der Waals surface area contributed by atoms with E-state index in [4.69, 9.17) is 0 Å². The summed E-state index contributed by atoms with van der Waals surface area (Å²) in [4.78, 5) is 0. The summed E-state index contributed by atoms with van der Waals surface area (Å²) in [5.41, 5.74) is 2.85. The number of fused-ring (bicyclic) bond motifs is 1. The van der Waals surface area contributed by atoms with Gasteiger partial charge >= 0.3 is 0 Å². The number of hydrogen-bond acceptors (Lipinski definition) is 1. The third kappa shape index (κ3) is 2.01. The Hall–Kier alpha value is -0.980. The van der Waals surface area contributed by atoms with Gasteiger partial charge in [-0.1, -0.05) is 18.9 Å². The van der Waals surface area contributed by atoms with Crippen LogP contribution in [0.1, 0.15) is 36.8 Å². The lowest BCUT2D eigenvalue weighted by Crippen LogP contribution is -2.14. The molecule has 0 radical (unpaired) electrons. The Bertz CT molecular complexity index is 366. The molecule has 1 nitrogen and oxygen atoms in total. The molecule has 0 unspecified atom stereocenters. The van der Waals surface area contributed by atoms with E-state index in [1.54, 1.807) is 0 Å². The van der Waals surface area contributed by atoms with Crippen LogP contribution in [0.2, 0.25) is 0 Å². The van der Waals surface area contributed by atoms with E-state index in [-0.39, 0.29) is 0 Å². The first-order valence-corrected chi connectivity index (χ1v) is 6.12. The molecule has 0 amide bonds. The molecule has 15 heavy (non-hydrogen) atoms. The highest BCUT2D eigenvalue weighted by molar-refractivity contribution is 5.36. The van der Waals surface area contributed by atoms with E-state index in [0.29, 0.717) is 5.75 Å². The second kappa shape index (κ2) is 3.55. The number of aromatic hydroxyl groups is 1. The van der Waals surface area contributed by atoms with E-state index in [1.807, 2.05) is 12.1 Å². The molecule has 0 aliphatic heterocycles. The van der Waals surface area contributed by atoms with E-state index >= 15 is 0 Å². The summed E-state index contributed by atoms with van der Waals surface area (Å²) in [6, 6.07) is 5.89. The second-order valence-electron chi connectivity index (χ2n) is 5.24. The molecule has 1 aromatic carbocycles. The van der Waals surface area contributed by atoms with Gasteiger partial charge in [-0.05, 0) is 60.8 Å². The monoisotopic (exact) mass is 202 g/mol. The lowest BCUT2D eigenvalue weighted by molar-refractivity contribution is 0.402. The molecule has 1 atom stereocenters. The van der Waals surface area contributed by atoms with Gasteiger partial charge in [-0.25, -0.2) is 0 Å². The Balaban J connectivity index is 1.74. The van der Waals surface area contributed by atoms with Crippen molar-refractivity contribution < 1.29 is 5.11 Å². The van der Waals surface area contributed by atoms with Crippen molar-refractivity contribution in [1.82, 2.24) is 0 Å². The van der Waals surface area contributed by atoms with Crippen LogP contribution in [0.15, 0.2) is 18.2 Å². The zero-order valence-corrected chi connectivity index (χ0v) is 9.08. The lowest BCUT2D eigenvalue weighted by Gasteiger charge is -2.24. The molecular formula is C14H18O. The van der Waals surface area contributed by atoms with Crippen LogP contribution in [-0.4, -0.2) is 5.11 Å². The fraction of sp³-hybridized carbons (Fsp3) is 0.571. The van der Waals surface area contributed by atoms with Crippen LogP contribution in [0, 0.1) is 11.8 Å². The molecule has 1 heteroatoms. The molecule has 80 valence electrons. The highest BCUT2D eigenvalue weighted by Gasteiger charge is 2.27. The normalized spacial score (nSPS) is 24.9. The standard InChI is InChI=1S/C14H18O/c15-14-6-5-12-8-11(7-10-1-2-10)3-4-13(12)9-14/h5-6,9-11,15H,1-4,7-8H2/t11-/m1/s1. The average molecular weight is 202 g/mol. The Morgan fingerprint density at radius 2 is 1.93 bits per heavy atom. The zero-order valence-electron chi connectivity index (χ0n) is 9.08. The summed E-state index contributed by atoms with van der Waals surface area (Å²) in [7, 11) is 0. The van der Waals surface area contributed by atoms with Gasteiger partial charge < -0.3 is 5.11 Å². The maximum atomic E-state index is 9.41. The minimum Gasteiger partial charge on any atom is -0.508 e. The minimum atomic E-state index is 0.425. The maximum absolute atomic E-state index is 9.41. The summed E-state index contributed by atoms with van der Waals surface area (Å²) in [6.45, 7) is 0. The van der Waals surface area contributed by atoms with Crippen molar-refractivity contribution in [3.8, 4) is 5.75 Å². The van der Waals surface area contributed by atoms with Gasteiger partial charge in [-0.2, -0.15) is 0 Å². The molecule has 2 aliphatic carbocycles. The number of hydrogen-bond donors (Lipinski definition) is 1. The molecule has 0 aromatic heterocycles. The van der Waals surface area contributed by atoms with Crippen LogP contribution in [0.5, 0.6) is 5.75 Å². The van der Waals surface area contributed by atoms with Gasteiger partial charge in [0.25, 0.3) is 0 Å². The van der Waals surface area contributed by atoms with Crippen molar-refractivity contribution in [3.05, 3.63) is 29.3 Å². The Morgan fingerprint density at radius 1 is 1.07 bits per heavy atom. The smallest absolute Gasteiger partial charge is 0.115 e. The average Bonchev–Trinajstić information content (AvgIpc) is 3.02. The number of aryl methyl sites for hydroxylation is 1. The Labute approximate surface area is 91.1 Å². The van der Waals surface area contributed by atoms with Crippen LogP contribution in [0.3, 0.4) is 0 Å². The number of phenols is 1. The van der Waals surface area contributed by atoms with Crippen molar-refractivity contribution >= 4 is 0 Å². The van der Waals surface area contributed by atoms with E-state index in [1.165, 1.54) is 49.7 Å². The SMILES string of the molecule is Oc1ccc2c(c1)CC[C@H](CC1CC1)C2.